The van der Waals surface area contributed by atoms with Crippen LogP contribution in [0.15, 0.2) is 66.2 Å². The third-order valence-electron chi connectivity index (χ3n) is 7.82. The molecule has 9 nitrogen and oxygen atoms in total. The van der Waals surface area contributed by atoms with E-state index in [2.05, 4.69) is 9.97 Å². The van der Waals surface area contributed by atoms with Crippen molar-refractivity contribution in [2.45, 2.75) is 50.7 Å². The summed E-state index contributed by atoms with van der Waals surface area (Å²) in [5.74, 6) is -1.85. The van der Waals surface area contributed by atoms with E-state index in [1.54, 1.807) is 68.3 Å². The van der Waals surface area contributed by atoms with E-state index in [4.69, 9.17) is 16.3 Å². The number of hydrogen-bond donors (Lipinski definition) is 2. The highest BCUT2D eigenvalue weighted by Gasteiger charge is 2.57. The van der Waals surface area contributed by atoms with Gasteiger partial charge < -0.3 is 19.5 Å². The fourth-order valence-corrected chi connectivity index (χ4v) is 5.84. The number of halogens is 2. The Morgan fingerprint density at radius 3 is 2.71 bits per heavy atom. The van der Waals surface area contributed by atoms with Gasteiger partial charge >= 0.3 is 0 Å². The summed E-state index contributed by atoms with van der Waals surface area (Å²) in [4.78, 5) is 24.4. The molecule has 0 saturated heterocycles. The molecule has 0 fully saturated rings. The second-order valence-electron chi connectivity index (χ2n) is 10.7. The summed E-state index contributed by atoms with van der Waals surface area (Å²) in [5, 5.41) is 31.7. The molecule has 1 amide bonds. The molecular formula is C31H31ClFN5O4. The van der Waals surface area contributed by atoms with E-state index in [1.165, 1.54) is 23.2 Å². The number of nitrogens with zero attached hydrogens (tertiary/aromatic N) is 5. The fourth-order valence-electron chi connectivity index (χ4n) is 5.68. The van der Waals surface area contributed by atoms with E-state index in [0.29, 0.717) is 28.4 Å². The van der Waals surface area contributed by atoms with Crippen molar-refractivity contribution >= 4 is 17.5 Å². The summed E-state index contributed by atoms with van der Waals surface area (Å²) in [7, 11) is 1.76. The van der Waals surface area contributed by atoms with Gasteiger partial charge in [0.2, 0.25) is 0 Å². The van der Waals surface area contributed by atoms with Gasteiger partial charge in [-0.3, -0.25) is 14.7 Å². The molecule has 11 heteroatoms. The zero-order valence-corrected chi connectivity index (χ0v) is 24.2. The number of hydrogen-bond acceptors (Lipinski definition) is 7. The van der Waals surface area contributed by atoms with Crippen molar-refractivity contribution in [1.29, 1.82) is 5.26 Å². The molecule has 4 atom stereocenters. The minimum absolute atomic E-state index is 0.00564. The Morgan fingerprint density at radius 2 is 2.14 bits per heavy atom. The lowest BCUT2D eigenvalue weighted by molar-refractivity contribution is -0.182. The summed E-state index contributed by atoms with van der Waals surface area (Å²) in [6.07, 6.45) is 9.39. The number of rotatable bonds is 9. The van der Waals surface area contributed by atoms with Gasteiger partial charge in [0.1, 0.15) is 17.5 Å². The molecule has 2 aromatic heterocycles. The summed E-state index contributed by atoms with van der Waals surface area (Å²) < 4.78 is 24.7. The van der Waals surface area contributed by atoms with Gasteiger partial charge in [0.05, 0.1) is 53.7 Å². The summed E-state index contributed by atoms with van der Waals surface area (Å²) in [6, 6.07) is 7.96. The second kappa shape index (κ2) is 11.4. The van der Waals surface area contributed by atoms with Crippen LogP contribution in [0.4, 0.5) is 4.39 Å². The Morgan fingerprint density at radius 1 is 1.36 bits per heavy atom. The fraction of sp³-hybridized carbons (Fsp3) is 0.355. The minimum atomic E-state index is -1.68. The molecule has 42 heavy (non-hydrogen) atoms. The topological polar surface area (TPSA) is 125 Å². The van der Waals surface area contributed by atoms with Crippen molar-refractivity contribution in [3.63, 3.8) is 0 Å². The summed E-state index contributed by atoms with van der Waals surface area (Å²) in [5.41, 5.74) is -2.00. The zero-order chi connectivity index (χ0) is 30.2. The van der Waals surface area contributed by atoms with Crippen LogP contribution in [0.25, 0.3) is 0 Å². The molecule has 0 radical (unpaired) electrons. The molecule has 0 bridgehead atoms. The Hall–Kier alpha value is -3.88. The van der Waals surface area contributed by atoms with Gasteiger partial charge in [-0.25, -0.2) is 9.37 Å². The average molecular weight is 592 g/mol. The smallest absolute Gasteiger partial charge is 0.257 e. The molecule has 5 rings (SSSR count). The van der Waals surface area contributed by atoms with Gasteiger partial charge in [0.15, 0.2) is 5.72 Å². The average Bonchev–Trinajstić information content (AvgIpc) is 3.52. The van der Waals surface area contributed by atoms with E-state index >= 15 is 4.39 Å². The predicted molar refractivity (Wildman–Crippen MR) is 152 cm³/mol. The molecular weight excluding hydrogens is 561 g/mol. The van der Waals surface area contributed by atoms with Crippen LogP contribution in [0.5, 0.6) is 0 Å². The highest BCUT2D eigenvalue weighted by molar-refractivity contribution is 6.31. The Kier molecular flexibility index (Phi) is 8.05. The number of ether oxygens (including phenoxy) is 1. The number of carbonyl (C=O) groups excluding carboxylic acids is 1. The minimum Gasteiger partial charge on any atom is -0.391 e. The van der Waals surface area contributed by atoms with E-state index in [-0.39, 0.29) is 36.3 Å². The maximum atomic E-state index is 16.6. The second-order valence-corrected chi connectivity index (χ2v) is 11.1. The van der Waals surface area contributed by atoms with Crippen LogP contribution < -0.4 is 0 Å². The molecule has 1 aliphatic heterocycles. The molecule has 1 aliphatic carbocycles. The number of allylic oxidation sites excluding steroid dienone is 3. The standard InChI is InChI=1S/C31H31ClFN5O4/c1-4-30(41,27-16-37(3)18-36-27)22-11-25-28(26(33)12-22)31(42-17-19(2)39,21-6-8-23(32)9-7-21)38(29(25)40)15-24-10-5-20(13-34)14-35-24/h5-6,8-12,14,16,18-19,21,39,41H,4,7,15,17H2,1-3H3/t19?,21?,30?,31-/m1/s1. The van der Waals surface area contributed by atoms with Crippen LogP contribution >= 0.6 is 11.6 Å². The lowest BCUT2D eigenvalue weighted by Crippen LogP contribution is -2.52. The largest absolute Gasteiger partial charge is 0.391 e. The van der Waals surface area contributed by atoms with Crippen molar-refractivity contribution in [3.8, 4) is 6.07 Å². The molecule has 0 saturated carbocycles. The van der Waals surface area contributed by atoms with E-state index in [0.717, 1.165) is 0 Å². The number of aromatic nitrogens is 3. The van der Waals surface area contributed by atoms with E-state index in [9.17, 15) is 20.3 Å². The van der Waals surface area contributed by atoms with Gasteiger partial charge in [0, 0.05) is 30.4 Å². The number of aryl methyl sites for hydroxylation is 1. The first-order chi connectivity index (χ1) is 20.0. The Labute approximate surface area is 248 Å². The van der Waals surface area contributed by atoms with Gasteiger partial charge in [-0.2, -0.15) is 5.26 Å². The molecule has 2 N–H and O–H groups in total. The highest BCUT2D eigenvalue weighted by atomic mass is 35.5. The zero-order valence-electron chi connectivity index (χ0n) is 23.5. The normalized spacial score (nSPS) is 22.0. The van der Waals surface area contributed by atoms with Crippen molar-refractivity contribution < 1.29 is 24.1 Å². The van der Waals surface area contributed by atoms with Crippen molar-refractivity contribution in [2.24, 2.45) is 13.0 Å². The summed E-state index contributed by atoms with van der Waals surface area (Å²) >= 11 is 6.23. The lowest BCUT2D eigenvalue weighted by atomic mass is 9.81. The maximum absolute atomic E-state index is 16.6. The number of amides is 1. The van der Waals surface area contributed by atoms with Crippen LogP contribution in [0.3, 0.4) is 0 Å². The quantitative estimate of drug-likeness (QED) is 0.378. The van der Waals surface area contributed by atoms with Crippen LogP contribution in [0.2, 0.25) is 0 Å². The highest BCUT2D eigenvalue weighted by Crippen LogP contribution is 2.51. The van der Waals surface area contributed by atoms with Crippen molar-refractivity contribution in [3.05, 3.63) is 106 Å². The van der Waals surface area contributed by atoms with E-state index < -0.39 is 35.1 Å². The molecule has 2 aliphatic rings. The Balaban J connectivity index is 1.72. The van der Waals surface area contributed by atoms with E-state index in [1.807, 2.05) is 6.07 Å². The van der Waals surface area contributed by atoms with Crippen LogP contribution in [0, 0.1) is 23.1 Å². The molecule has 0 spiro atoms. The first-order valence-electron chi connectivity index (χ1n) is 13.6. The number of benzene rings is 1. The SMILES string of the molecule is CCC(O)(c1cc(F)c2c(c1)C(=O)N(Cc1ccc(C#N)cn1)[C@@]2(OCC(C)O)C1C=CC(Cl)=CC1)c1cn(C)cn1. The first kappa shape index (κ1) is 29.6. The number of carbonyl (C=O) groups is 1. The molecule has 3 aromatic rings. The third kappa shape index (κ3) is 5.03. The monoisotopic (exact) mass is 591 g/mol. The van der Waals surface area contributed by atoms with Gasteiger partial charge in [-0.15, -0.1) is 0 Å². The number of aliphatic hydroxyl groups is 2. The van der Waals surface area contributed by atoms with Crippen molar-refractivity contribution in [1.82, 2.24) is 19.4 Å². The maximum Gasteiger partial charge on any atom is 0.257 e. The molecule has 1 aromatic carbocycles. The van der Waals surface area contributed by atoms with Crippen LogP contribution in [-0.2, 0) is 29.7 Å². The van der Waals surface area contributed by atoms with Gasteiger partial charge in [0.25, 0.3) is 5.91 Å². The van der Waals surface area contributed by atoms with Gasteiger partial charge in [-0.05, 0) is 55.7 Å². The number of imidazole rings is 1. The predicted octanol–water partition coefficient (Wildman–Crippen LogP) is 4.38. The van der Waals surface area contributed by atoms with Gasteiger partial charge in [-0.1, -0.05) is 30.7 Å². The van der Waals surface area contributed by atoms with Crippen LogP contribution in [0.1, 0.15) is 65.1 Å². The first-order valence-corrected chi connectivity index (χ1v) is 14.0. The third-order valence-corrected chi connectivity index (χ3v) is 8.10. The Bertz CT molecular complexity index is 1610. The lowest BCUT2D eigenvalue weighted by Gasteiger charge is -2.44. The van der Waals surface area contributed by atoms with Crippen LogP contribution in [-0.4, -0.2) is 48.3 Å². The number of nitriles is 1. The molecule has 3 heterocycles. The molecule has 3 unspecified atom stereocenters. The number of fused-ring (bicyclic) bond motifs is 1. The summed E-state index contributed by atoms with van der Waals surface area (Å²) in [6.45, 7) is 3.02. The number of pyridine rings is 1. The molecule has 218 valence electrons. The van der Waals surface area contributed by atoms with Crippen molar-refractivity contribution in [2.75, 3.05) is 6.61 Å². The number of aliphatic hydroxyl groups excluding tert-OH is 1.